The minimum Gasteiger partial charge on any atom is -0.489 e. The van der Waals surface area contributed by atoms with Gasteiger partial charge in [0.15, 0.2) is 5.65 Å². The Kier molecular flexibility index (Phi) is 6.37. The van der Waals surface area contributed by atoms with Crippen molar-refractivity contribution in [1.82, 2.24) is 24.5 Å². The highest BCUT2D eigenvalue weighted by atomic mass is 16.5. The van der Waals surface area contributed by atoms with Gasteiger partial charge in [-0.2, -0.15) is 5.10 Å². The maximum atomic E-state index is 6.14. The third-order valence-electron chi connectivity index (χ3n) is 5.71. The van der Waals surface area contributed by atoms with Gasteiger partial charge in [0.1, 0.15) is 12.4 Å². The molecular weight excluding hydrogens is 402 g/mol. The van der Waals surface area contributed by atoms with Crippen molar-refractivity contribution in [2.24, 2.45) is 5.92 Å². The molecule has 7 heteroatoms. The molecule has 4 heterocycles. The summed E-state index contributed by atoms with van der Waals surface area (Å²) in [7, 11) is 0. The first kappa shape index (κ1) is 20.6. The molecule has 1 fully saturated rings. The van der Waals surface area contributed by atoms with Crippen molar-refractivity contribution in [3.05, 3.63) is 90.1 Å². The smallest absolute Gasteiger partial charge is 0.153 e. The summed E-state index contributed by atoms with van der Waals surface area (Å²) in [6, 6.07) is 16.3. The number of pyridine rings is 1. The van der Waals surface area contributed by atoms with Crippen molar-refractivity contribution in [3.63, 3.8) is 0 Å². The summed E-state index contributed by atoms with van der Waals surface area (Å²) in [6.45, 7) is 4.69. The van der Waals surface area contributed by atoms with E-state index < -0.39 is 0 Å². The van der Waals surface area contributed by atoms with Crippen molar-refractivity contribution < 1.29 is 9.47 Å². The third-order valence-corrected chi connectivity index (χ3v) is 5.71. The monoisotopic (exact) mass is 429 g/mol. The molecule has 1 aromatic carbocycles. The summed E-state index contributed by atoms with van der Waals surface area (Å²) in [5.41, 5.74) is 4.18. The maximum absolute atomic E-state index is 6.14. The fraction of sp³-hybridized carbons (Fsp3) is 0.320. The summed E-state index contributed by atoms with van der Waals surface area (Å²) in [5.74, 6) is 1.31. The molecule has 164 valence electrons. The van der Waals surface area contributed by atoms with E-state index in [0.29, 0.717) is 12.5 Å². The SMILES string of the molecule is c1cncc(COc2ccccc2CN2CCOC[C@H](Cc3ccc4nccn4n3)C2)c1. The predicted molar refractivity (Wildman–Crippen MR) is 121 cm³/mol. The largest absolute Gasteiger partial charge is 0.489 e. The Labute approximate surface area is 187 Å². The highest BCUT2D eigenvalue weighted by Gasteiger charge is 2.21. The van der Waals surface area contributed by atoms with Crippen LogP contribution >= 0.6 is 0 Å². The quantitative estimate of drug-likeness (QED) is 0.449. The van der Waals surface area contributed by atoms with Crippen molar-refractivity contribution in [2.45, 2.75) is 19.6 Å². The van der Waals surface area contributed by atoms with E-state index in [4.69, 9.17) is 14.6 Å². The van der Waals surface area contributed by atoms with Crippen LogP contribution in [0.3, 0.4) is 0 Å². The van der Waals surface area contributed by atoms with Gasteiger partial charge in [0.25, 0.3) is 0 Å². The Bertz CT molecular complexity index is 1150. The van der Waals surface area contributed by atoms with Crippen LogP contribution in [-0.4, -0.2) is 50.8 Å². The van der Waals surface area contributed by atoms with Gasteiger partial charge in [-0.25, -0.2) is 9.50 Å². The van der Waals surface area contributed by atoms with Crippen LogP contribution in [0.5, 0.6) is 5.75 Å². The number of hydrogen-bond acceptors (Lipinski definition) is 6. The average molecular weight is 430 g/mol. The van der Waals surface area contributed by atoms with Crippen LogP contribution in [0.2, 0.25) is 0 Å². The molecule has 3 aromatic heterocycles. The average Bonchev–Trinajstić information content (AvgIpc) is 3.19. The zero-order valence-electron chi connectivity index (χ0n) is 18.0. The molecule has 32 heavy (non-hydrogen) atoms. The lowest BCUT2D eigenvalue weighted by Crippen LogP contribution is -2.30. The number of para-hydroxylation sites is 1. The Balaban J connectivity index is 1.24. The Hall–Kier alpha value is -3.29. The van der Waals surface area contributed by atoms with Crippen LogP contribution < -0.4 is 4.74 Å². The molecule has 0 N–H and O–H groups in total. The first-order valence-electron chi connectivity index (χ1n) is 11.0. The van der Waals surface area contributed by atoms with Crippen LogP contribution in [0.4, 0.5) is 0 Å². The zero-order chi connectivity index (χ0) is 21.6. The number of nitrogens with zero attached hydrogens (tertiary/aromatic N) is 5. The van der Waals surface area contributed by atoms with Crippen LogP contribution in [0.1, 0.15) is 16.8 Å². The van der Waals surface area contributed by atoms with Crippen molar-refractivity contribution in [1.29, 1.82) is 0 Å². The van der Waals surface area contributed by atoms with Gasteiger partial charge in [-0.15, -0.1) is 0 Å². The van der Waals surface area contributed by atoms with Crippen molar-refractivity contribution >= 4 is 5.65 Å². The van der Waals surface area contributed by atoms with E-state index in [-0.39, 0.29) is 0 Å². The number of ether oxygens (including phenoxy) is 2. The molecule has 0 saturated carbocycles. The molecule has 7 nitrogen and oxygen atoms in total. The summed E-state index contributed by atoms with van der Waals surface area (Å²) in [4.78, 5) is 10.9. The van der Waals surface area contributed by atoms with E-state index in [0.717, 1.165) is 61.9 Å². The van der Waals surface area contributed by atoms with Gasteiger partial charge >= 0.3 is 0 Å². The highest BCUT2D eigenvalue weighted by Crippen LogP contribution is 2.23. The van der Waals surface area contributed by atoms with Gasteiger partial charge in [-0.3, -0.25) is 9.88 Å². The minimum atomic E-state index is 0.384. The van der Waals surface area contributed by atoms with Crippen LogP contribution in [-0.2, 0) is 24.3 Å². The van der Waals surface area contributed by atoms with E-state index in [9.17, 15) is 0 Å². The highest BCUT2D eigenvalue weighted by molar-refractivity contribution is 5.36. The Morgan fingerprint density at radius 2 is 2.03 bits per heavy atom. The number of rotatable bonds is 7. The second-order valence-electron chi connectivity index (χ2n) is 8.19. The Morgan fingerprint density at radius 1 is 1.06 bits per heavy atom. The number of aromatic nitrogens is 4. The fourth-order valence-corrected chi connectivity index (χ4v) is 4.14. The molecule has 1 aliphatic heterocycles. The molecule has 0 spiro atoms. The first-order valence-corrected chi connectivity index (χ1v) is 11.0. The summed E-state index contributed by atoms with van der Waals surface area (Å²) < 4.78 is 13.9. The molecule has 0 radical (unpaired) electrons. The van der Waals surface area contributed by atoms with Gasteiger partial charge in [0.05, 0.1) is 18.9 Å². The lowest BCUT2D eigenvalue weighted by molar-refractivity contribution is 0.121. The number of hydrogen-bond donors (Lipinski definition) is 0. The summed E-state index contributed by atoms with van der Waals surface area (Å²) >= 11 is 0. The lowest BCUT2D eigenvalue weighted by Gasteiger charge is -2.24. The predicted octanol–water partition coefficient (Wildman–Crippen LogP) is 3.39. The molecule has 0 bridgehead atoms. The number of fused-ring (bicyclic) bond motifs is 1. The van der Waals surface area contributed by atoms with E-state index in [1.54, 1.807) is 12.4 Å². The number of benzene rings is 1. The molecule has 0 amide bonds. The van der Waals surface area contributed by atoms with Gasteiger partial charge in [-0.05, 0) is 30.7 Å². The normalized spacial score (nSPS) is 17.3. The third kappa shape index (κ3) is 5.12. The lowest BCUT2D eigenvalue weighted by atomic mass is 10.0. The topological polar surface area (TPSA) is 64.8 Å². The van der Waals surface area contributed by atoms with Gasteiger partial charge in [0, 0.05) is 61.5 Å². The fourth-order valence-electron chi connectivity index (χ4n) is 4.14. The van der Waals surface area contributed by atoms with Crippen molar-refractivity contribution in [2.75, 3.05) is 26.3 Å². The van der Waals surface area contributed by atoms with E-state index in [2.05, 4.69) is 33.1 Å². The van der Waals surface area contributed by atoms with Crippen LogP contribution in [0.25, 0.3) is 5.65 Å². The maximum Gasteiger partial charge on any atom is 0.153 e. The van der Waals surface area contributed by atoms with Crippen LogP contribution in [0, 0.1) is 5.92 Å². The van der Waals surface area contributed by atoms with E-state index >= 15 is 0 Å². The molecule has 1 saturated heterocycles. The standard InChI is InChI=1S/C25H27N5O2/c1-2-6-24(32-19-20-4-3-9-26-15-20)22(5-1)17-29-12-13-31-18-21(16-29)14-23-7-8-25-27-10-11-30(25)28-23/h1-11,15,21H,12-14,16-19H2/t21-/m1/s1. The summed E-state index contributed by atoms with van der Waals surface area (Å²) in [6.07, 6.45) is 8.16. The summed E-state index contributed by atoms with van der Waals surface area (Å²) in [5, 5.41) is 4.69. The molecule has 5 rings (SSSR count). The van der Waals surface area contributed by atoms with Crippen LogP contribution in [0.15, 0.2) is 73.3 Å². The van der Waals surface area contributed by atoms with E-state index in [1.807, 2.05) is 47.2 Å². The number of imidazole rings is 1. The zero-order valence-corrected chi connectivity index (χ0v) is 18.0. The molecular formula is C25H27N5O2. The minimum absolute atomic E-state index is 0.384. The van der Waals surface area contributed by atoms with Gasteiger partial charge in [0.2, 0.25) is 0 Å². The Morgan fingerprint density at radius 3 is 2.97 bits per heavy atom. The molecule has 4 aromatic rings. The molecule has 1 aliphatic rings. The molecule has 1 atom stereocenters. The second kappa shape index (κ2) is 9.89. The molecule has 0 unspecified atom stereocenters. The van der Waals surface area contributed by atoms with Crippen molar-refractivity contribution in [3.8, 4) is 5.75 Å². The van der Waals surface area contributed by atoms with Gasteiger partial charge in [-0.1, -0.05) is 24.3 Å². The van der Waals surface area contributed by atoms with Gasteiger partial charge < -0.3 is 9.47 Å². The molecule has 0 aliphatic carbocycles. The first-order chi connectivity index (χ1) is 15.8. The second-order valence-corrected chi connectivity index (χ2v) is 8.19. The van der Waals surface area contributed by atoms with E-state index in [1.165, 1.54) is 5.56 Å².